The Morgan fingerprint density at radius 2 is 2.22 bits per heavy atom. The summed E-state index contributed by atoms with van der Waals surface area (Å²) in [6, 6.07) is 0.411. The smallest absolute Gasteiger partial charge is 0.326 e. The predicted octanol–water partition coefficient (Wildman–Crippen LogP) is 1.78. The Hall–Kier alpha value is -0.610. The van der Waals surface area contributed by atoms with E-state index in [1.807, 2.05) is 6.92 Å². The summed E-state index contributed by atoms with van der Waals surface area (Å²) in [4.78, 5) is 14.2. The fourth-order valence-corrected chi connectivity index (χ4v) is 2.65. The summed E-state index contributed by atoms with van der Waals surface area (Å²) in [5.74, 6) is 0.454. The first-order chi connectivity index (χ1) is 8.42. The lowest BCUT2D eigenvalue weighted by atomic mass is 9.99. The molecular formula is C14H28N2O2. The Labute approximate surface area is 111 Å². The van der Waals surface area contributed by atoms with E-state index < -0.39 is 5.54 Å². The van der Waals surface area contributed by atoms with Crippen molar-refractivity contribution in [1.82, 2.24) is 4.90 Å². The van der Waals surface area contributed by atoms with Crippen molar-refractivity contribution in [3.8, 4) is 0 Å². The van der Waals surface area contributed by atoms with Gasteiger partial charge in [-0.3, -0.25) is 4.79 Å². The van der Waals surface area contributed by atoms with Crippen molar-refractivity contribution < 1.29 is 9.53 Å². The third kappa shape index (κ3) is 3.69. The van der Waals surface area contributed by atoms with Gasteiger partial charge in [0.1, 0.15) is 5.54 Å². The van der Waals surface area contributed by atoms with Crippen molar-refractivity contribution in [2.24, 2.45) is 11.7 Å². The molecule has 106 valence electrons. The van der Waals surface area contributed by atoms with E-state index in [1.165, 1.54) is 6.42 Å². The standard InChI is InChI=1S/C14H28N2O2/c1-5-11(3)10-16(4)12-7-8-14(15,9-12)13(17)18-6-2/h11-12H,5-10,15H2,1-4H3. The molecule has 1 rings (SSSR count). The van der Waals surface area contributed by atoms with Crippen LogP contribution in [0.3, 0.4) is 0 Å². The average molecular weight is 256 g/mol. The zero-order valence-corrected chi connectivity index (χ0v) is 12.2. The summed E-state index contributed by atoms with van der Waals surface area (Å²) in [5, 5.41) is 0. The lowest BCUT2D eigenvalue weighted by molar-refractivity contribution is -0.149. The Bertz CT molecular complexity index is 283. The lowest BCUT2D eigenvalue weighted by Crippen LogP contribution is -2.48. The minimum absolute atomic E-state index is 0.232. The molecule has 0 aromatic heterocycles. The van der Waals surface area contributed by atoms with E-state index in [0.717, 1.165) is 25.8 Å². The van der Waals surface area contributed by atoms with Crippen LogP contribution in [0.4, 0.5) is 0 Å². The molecule has 2 N–H and O–H groups in total. The van der Waals surface area contributed by atoms with Crippen LogP contribution in [0.1, 0.15) is 46.5 Å². The quantitative estimate of drug-likeness (QED) is 0.736. The molecule has 1 fully saturated rings. The second kappa shape index (κ2) is 6.53. The van der Waals surface area contributed by atoms with E-state index >= 15 is 0 Å². The molecule has 0 spiro atoms. The van der Waals surface area contributed by atoms with Crippen molar-refractivity contribution in [3.05, 3.63) is 0 Å². The molecule has 0 bridgehead atoms. The highest BCUT2D eigenvalue weighted by atomic mass is 16.5. The van der Waals surface area contributed by atoms with Gasteiger partial charge in [0.2, 0.25) is 0 Å². The second-order valence-corrected chi connectivity index (χ2v) is 5.73. The summed E-state index contributed by atoms with van der Waals surface area (Å²) in [6.45, 7) is 7.76. The van der Waals surface area contributed by atoms with E-state index in [2.05, 4.69) is 25.8 Å². The molecule has 0 radical (unpaired) electrons. The molecule has 4 nitrogen and oxygen atoms in total. The van der Waals surface area contributed by atoms with Crippen LogP contribution in [0.25, 0.3) is 0 Å². The van der Waals surface area contributed by atoms with E-state index in [4.69, 9.17) is 10.5 Å². The van der Waals surface area contributed by atoms with E-state index in [0.29, 0.717) is 18.6 Å². The number of esters is 1. The average Bonchev–Trinajstić information content (AvgIpc) is 2.73. The molecule has 18 heavy (non-hydrogen) atoms. The van der Waals surface area contributed by atoms with Gasteiger partial charge in [0.25, 0.3) is 0 Å². The van der Waals surface area contributed by atoms with Gasteiger partial charge in [0.15, 0.2) is 0 Å². The molecule has 0 amide bonds. The van der Waals surface area contributed by atoms with E-state index in [1.54, 1.807) is 0 Å². The van der Waals surface area contributed by atoms with E-state index in [-0.39, 0.29) is 5.97 Å². The second-order valence-electron chi connectivity index (χ2n) is 5.73. The summed E-state index contributed by atoms with van der Waals surface area (Å²) < 4.78 is 5.08. The summed E-state index contributed by atoms with van der Waals surface area (Å²) >= 11 is 0. The number of hydrogen-bond acceptors (Lipinski definition) is 4. The van der Waals surface area contributed by atoms with Gasteiger partial charge in [-0.25, -0.2) is 0 Å². The number of ether oxygens (including phenoxy) is 1. The molecule has 1 aliphatic carbocycles. The van der Waals surface area contributed by atoms with Gasteiger partial charge in [-0.1, -0.05) is 20.3 Å². The maximum Gasteiger partial charge on any atom is 0.326 e. The Balaban J connectivity index is 2.51. The molecule has 0 aromatic rings. The molecule has 1 saturated carbocycles. The minimum atomic E-state index is -0.760. The van der Waals surface area contributed by atoms with Crippen molar-refractivity contribution in [3.63, 3.8) is 0 Å². The Kier molecular flexibility index (Phi) is 5.60. The summed E-state index contributed by atoms with van der Waals surface area (Å²) in [6.07, 6.45) is 3.63. The fourth-order valence-electron chi connectivity index (χ4n) is 2.65. The minimum Gasteiger partial charge on any atom is -0.465 e. The first kappa shape index (κ1) is 15.4. The zero-order chi connectivity index (χ0) is 13.8. The molecule has 3 unspecified atom stereocenters. The molecule has 0 aliphatic heterocycles. The molecular weight excluding hydrogens is 228 g/mol. The van der Waals surface area contributed by atoms with Gasteiger partial charge in [0.05, 0.1) is 6.61 Å². The molecule has 0 saturated heterocycles. The maximum atomic E-state index is 11.8. The van der Waals surface area contributed by atoms with Crippen molar-refractivity contribution >= 4 is 5.97 Å². The van der Waals surface area contributed by atoms with Crippen LogP contribution in [0, 0.1) is 5.92 Å². The van der Waals surface area contributed by atoms with Crippen LogP contribution >= 0.6 is 0 Å². The highest BCUT2D eigenvalue weighted by molar-refractivity contribution is 5.81. The monoisotopic (exact) mass is 256 g/mol. The molecule has 0 heterocycles. The number of nitrogens with two attached hydrogens (primary N) is 1. The number of nitrogens with zero attached hydrogens (tertiary/aromatic N) is 1. The number of carbonyl (C=O) groups excluding carboxylic acids is 1. The van der Waals surface area contributed by atoms with Crippen LogP contribution in [0.15, 0.2) is 0 Å². The topological polar surface area (TPSA) is 55.6 Å². The van der Waals surface area contributed by atoms with Crippen LogP contribution in [0.5, 0.6) is 0 Å². The fraction of sp³-hybridized carbons (Fsp3) is 0.929. The Morgan fingerprint density at radius 1 is 1.56 bits per heavy atom. The van der Waals surface area contributed by atoms with Crippen LogP contribution in [-0.4, -0.2) is 42.6 Å². The van der Waals surface area contributed by atoms with Gasteiger partial charge in [-0.15, -0.1) is 0 Å². The zero-order valence-electron chi connectivity index (χ0n) is 12.2. The highest BCUT2D eigenvalue weighted by Gasteiger charge is 2.44. The predicted molar refractivity (Wildman–Crippen MR) is 73.3 cm³/mol. The van der Waals surface area contributed by atoms with Gasteiger partial charge >= 0.3 is 5.97 Å². The molecule has 4 heteroatoms. The van der Waals surface area contributed by atoms with Crippen LogP contribution in [-0.2, 0) is 9.53 Å². The Morgan fingerprint density at radius 3 is 2.78 bits per heavy atom. The SMILES string of the molecule is CCOC(=O)C1(N)CCC(N(C)CC(C)CC)C1. The first-order valence-electron chi connectivity index (χ1n) is 7.09. The largest absolute Gasteiger partial charge is 0.465 e. The van der Waals surface area contributed by atoms with Crippen molar-refractivity contribution in [2.75, 3.05) is 20.2 Å². The van der Waals surface area contributed by atoms with E-state index in [9.17, 15) is 4.79 Å². The third-order valence-electron chi connectivity index (χ3n) is 4.13. The number of hydrogen-bond donors (Lipinski definition) is 1. The molecule has 3 atom stereocenters. The van der Waals surface area contributed by atoms with Crippen LogP contribution in [0.2, 0.25) is 0 Å². The van der Waals surface area contributed by atoms with Gasteiger partial charge in [-0.2, -0.15) is 0 Å². The van der Waals surface area contributed by atoms with Crippen LogP contribution < -0.4 is 5.73 Å². The van der Waals surface area contributed by atoms with Gasteiger partial charge < -0.3 is 15.4 Å². The maximum absolute atomic E-state index is 11.8. The van der Waals surface area contributed by atoms with Crippen molar-refractivity contribution in [1.29, 1.82) is 0 Å². The van der Waals surface area contributed by atoms with Gasteiger partial charge in [-0.05, 0) is 39.2 Å². The molecule has 0 aromatic carbocycles. The summed E-state index contributed by atoms with van der Waals surface area (Å²) in [5.41, 5.74) is 5.42. The third-order valence-corrected chi connectivity index (χ3v) is 4.13. The number of carbonyl (C=O) groups is 1. The molecule has 1 aliphatic rings. The highest BCUT2D eigenvalue weighted by Crippen LogP contribution is 2.32. The van der Waals surface area contributed by atoms with Gasteiger partial charge in [0, 0.05) is 12.6 Å². The van der Waals surface area contributed by atoms with Crippen molar-refractivity contribution in [2.45, 2.75) is 58.0 Å². The number of rotatable bonds is 6. The first-order valence-corrected chi connectivity index (χ1v) is 7.09. The lowest BCUT2D eigenvalue weighted by Gasteiger charge is -2.28. The normalized spacial score (nSPS) is 29.6. The summed E-state index contributed by atoms with van der Waals surface area (Å²) in [7, 11) is 2.13.